The zero-order valence-corrected chi connectivity index (χ0v) is 18.7. The lowest BCUT2D eigenvalue weighted by molar-refractivity contribution is -0.122. The summed E-state index contributed by atoms with van der Waals surface area (Å²) in [5.74, 6) is -1.17. The molecule has 2 rings (SSSR count). The van der Waals surface area contributed by atoms with Crippen LogP contribution in [0, 0.1) is 5.82 Å². The van der Waals surface area contributed by atoms with Gasteiger partial charge in [-0.1, -0.05) is 31.2 Å². The van der Waals surface area contributed by atoms with E-state index in [0.29, 0.717) is 0 Å². The Morgan fingerprint density at radius 3 is 2.13 bits per heavy atom. The predicted molar refractivity (Wildman–Crippen MR) is 120 cm³/mol. The first-order chi connectivity index (χ1) is 14.2. The molecule has 0 spiro atoms. The molecule has 0 aromatic heterocycles. The average Bonchev–Trinajstić information content (AvgIpc) is 2.72. The van der Waals surface area contributed by atoms with E-state index in [1.807, 2.05) is 24.3 Å². The number of rotatable bonds is 10. The van der Waals surface area contributed by atoms with Crippen LogP contribution >= 0.6 is 0 Å². The Balaban J connectivity index is 2.18. The minimum Gasteiger partial charge on any atom is -0.372 e. The molecule has 0 bridgehead atoms. The van der Waals surface area contributed by atoms with E-state index >= 15 is 0 Å². The highest BCUT2D eigenvalue weighted by molar-refractivity contribution is 7.92. The van der Waals surface area contributed by atoms with Crippen molar-refractivity contribution in [2.24, 2.45) is 0 Å². The van der Waals surface area contributed by atoms with Crippen molar-refractivity contribution in [1.82, 2.24) is 5.32 Å². The van der Waals surface area contributed by atoms with Gasteiger partial charge in [-0.05, 0) is 50.1 Å². The SMILES string of the molecule is CC[C@@H](C(=O)NCc1ccc(N(CC)CC)cc1)N(c1ccccc1F)S(C)(=O)=O. The molecule has 2 aromatic rings. The molecule has 6 nitrogen and oxygen atoms in total. The predicted octanol–water partition coefficient (Wildman–Crippen LogP) is 3.53. The molecule has 0 saturated carbocycles. The first kappa shape index (κ1) is 23.7. The number of para-hydroxylation sites is 1. The van der Waals surface area contributed by atoms with Crippen molar-refractivity contribution in [2.75, 3.05) is 28.6 Å². The molecule has 0 unspecified atom stereocenters. The van der Waals surface area contributed by atoms with E-state index in [9.17, 15) is 17.6 Å². The fourth-order valence-electron chi connectivity index (χ4n) is 3.39. The van der Waals surface area contributed by atoms with E-state index in [0.717, 1.165) is 34.9 Å². The van der Waals surface area contributed by atoms with Crippen molar-refractivity contribution in [3.05, 3.63) is 59.9 Å². The maximum absolute atomic E-state index is 14.3. The molecule has 0 aliphatic carbocycles. The van der Waals surface area contributed by atoms with Gasteiger partial charge in [-0.3, -0.25) is 9.10 Å². The van der Waals surface area contributed by atoms with Crippen LogP contribution in [0.4, 0.5) is 15.8 Å². The number of nitrogens with one attached hydrogen (secondary N) is 1. The highest BCUT2D eigenvalue weighted by Gasteiger charge is 2.32. The first-order valence-electron chi connectivity index (χ1n) is 10.1. The lowest BCUT2D eigenvalue weighted by Gasteiger charge is -2.30. The molecule has 30 heavy (non-hydrogen) atoms. The van der Waals surface area contributed by atoms with Gasteiger partial charge in [0.1, 0.15) is 11.9 Å². The Bertz CT molecular complexity index is 944. The topological polar surface area (TPSA) is 69.7 Å². The lowest BCUT2D eigenvalue weighted by Crippen LogP contribution is -2.49. The Morgan fingerprint density at radius 1 is 1.03 bits per heavy atom. The number of hydrogen-bond donors (Lipinski definition) is 1. The van der Waals surface area contributed by atoms with Crippen molar-refractivity contribution in [3.8, 4) is 0 Å². The maximum atomic E-state index is 14.3. The van der Waals surface area contributed by atoms with E-state index in [4.69, 9.17) is 0 Å². The Morgan fingerprint density at radius 2 is 1.63 bits per heavy atom. The minimum atomic E-state index is -3.87. The van der Waals surface area contributed by atoms with E-state index in [-0.39, 0.29) is 18.7 Å². The quantitative estimate of drug-likeness (QED) is 0.620. The second-order valence-electron chi connectivity index (χ2n) is 6.99. The zero-order valence-electron chi connectivity index (χ0n) is 17.9. The molecule has 0 aliphatic heterocycles. The molecule has 8 heteroatoms. The molecule has 0 radical (unpaired) electrons. The summed E-state index contributed by atoms with van der Waals surface area (Å²) in [6.07, 6.45) is 1.18. The monoisotopic (exact) mass is 435 g/mol. The zero-order chi connectivity index (χ0) is 22.3. The first-order valence-corrected chi connectivity index (χ1v) is 11.9. The third-order valence-corrected chi connectivity index (χ3v) is 6.12. The van der Waals surface area contributed by atoms with Crippen LogP contribution in [-0.4, -0.2) is 39.7 Å². The summed E-state index contributed by atoms with van der Waals surface area (Å²) < 4.78 is 40.0. The summed E-state index contributed by atoms with van der Waals surface area (Å²) in [5, 5.41) is 2.79. The average molecular weight is 436 g/mol. The number of benzene rings is 2. The molecule has 1 atom stereocenters. The van der Waals surface area contributed by atoms with Crippen LogP contribution in [0.25, 0.3) is 0 Å². The van der Waals surface area contributed by atoms with Crippen molar-refractivity contribution in [3.63, 3.8) is 0 Å². The summed E-state index contributed by atoms with van der Waals surface area (Å²) in [5.41, 5.74) is 1.86. The van der Waals surface area contributed by atoms with Crippen LogP contribution < -0.4 is 14.5 Å². The third kappa shape index (κ3) is 5.72. The van der Waals surface area contributed by atoms with Crippen molar-refractivity contribution in [1.29, 1.82) is 0 Å². The lowest BCUT2D eigenvalue weighted by atomic mass is 10.1. The van der Waals surface area contributed by atoms with Crippen LogP contribution in [0.5, 0.6) is 0 Å². The molecule has 1 N–H and O–H groups in total. The number of carbonyl (C=O) groups excluding carboxylic acids is 1. The summed E-state index contributed by atoms with van der Waals surface area (Å²) in [7, 11) is -3.87. The Kier molecular flexibility index (Phi) is 8.23. The second-order valence-corrected chi connectivity index (χ2v) is 8.85. The van der Waals surface area contributed by atoms with E-state index < -0.39 is 27.8 Å². The number of anilines is 2. The molecule has 1 amide bonds. The number of hydrogen-bond acceptors (Lipinski definition) is 4. The van der Waals surface area contributed by atoms with Gasteiger partial charge in [0.2, 0.25) is 15.9 Å². The largest absolute Gasteiger partial charge is 0.372 e. The van der Waals surface area contributed by atoms with Gasteiger partial charge in [0.25, 0.3) is 0 Å². The molecule has 2 aromatic carbocycles. The smallest absolute Gasteiger partial charge is 0.244 e. The van der Waals surface area contributed by atoms with Crippen LogP contribution in [0.15, 0.2) is 48.5 Å². The van der Waals surface area contributed by atoms with Gasteiger partial charge in [-0.2, -0.15) is 0 Å². The van der Waals surface area contributed by atoms with Gasteiger partial charge in [-0.15, -0.1) is 0 Å². The maximum Gasteiger partial charge on any atom is 0.244 e. The van der Waals surface area contributed by atoms with Crippen LogP contribution in [0.2, 0.25) is 0 Å². The minimum absolute atomic E-state index is 0.134. The molecule has 164 valence electrons. The normalized spacial score (nSPS) is 12.3. The molecule has 0 heterocycles. The van der Waals surface area contributed by atoms with Gasteiger partial charge in [0, 0.05) is 25.3 Å². The molecular weight excluding hydrogens is 405 g/mol. The molecule has 0 aliphatic rings. The third-order valence-electron chi connectivity index (χ3n) is 4.95. The van der Waals surface area contributed by atoms with Gasteiger partial charge in [0.05, 0.1) is 11.9 Å². The molecule has 0 saturated heterocycles. The van der Waals surface area contributed by atoms with E-state index in [1.54, 1.807) is 13.0 Å². The number of halogens is 1. The van der Waals surface area contributed by atoms with Gasteiger partial charge in [0.15, 0.2) is 0 Å². The molecule has 0 fully saturated rings. The fourth-order valence-corrected chi connectivity index (χ4v) is 4.60. The Hall–Kier alpha value is -2.61. The van der Waals surface area contributed by atoms with Crippen LogP contribution in [0.3, 0.4) is 0 Å². The molecular formula is C22H30FN3O3S. The van der Waals surface area contributed by atoms with Crippen LogP contribution in [-0.2, 0) is 21.4 Å². The summed E-state index contributed by atoms with van der Waals surface area (Å²) in [6.45, 7) is 7.94. The van der Waals surface area contributed by atoms with Crippen molar-refractivity contribution < 1.29 is 17.6 Å². The number of sulfonamides is 1. The Labute approximate surface area is 178 Å². The highest BCUT2D eigenvalue weighted by Crippen LogP contribution is 2.25. The number of carbonyl (C=O) groups is 1. The standard InChI is InChI=1S/C22H30FN3O3S/c1-5-20(26(30(4,28)29)21-11-9-8-10-19(21)23)22(27)24-16-17-12-14-18(15-13-17)25(6-2)7-3/h8-15,20H,5-7,16H2,1-4H3,(H,24,27)/t20-/m0/s1. The van der Waals surface area contributed by atoms with Gasteiger partial charge in [-0.25, -0.2) is 12.8 Å². The van der Waals surface area contributed by atoms with Gasteiger partial charge >= 0.3 is 0 Å². The highest BCUT2D eigenvalue weighted by atomic mass is 32.2. The van der Waals surface area contributed by atoms with Crippen LogP contribution in [0.1, 0.15) is 32.8 Å². The summed E-state index contributed by atoms with van der Waals surface area (Å²) in [6, 6.07) is 12.4. The van der Waals surface area contributed by atoms with E-state index in [2.05, 4.69) is 24.1 Å². The van der Waals surface area contributed by atoms with Crippen molar-refractivity contribution >= 4 is 27.3 Å². The second kappa shape index (κ2) is 10.4. The van der Waals surface area contributed by atoms with Crippen molar-refractivity contribution in [2.45, 2.75) is 39.8 Å². The number of nitrogens with zero attached hydrogens (tertiary/aromatic N) is 2. The fraction of sp³-hybridized carbons (Fsp3) is 0.409. The van der Waals surface area contributed by atoms with Gasteiger partial charge < -0.3 is 10.2 Å². The number of amides is 1. The summed E-state index contributed by atoms with van der Waals surface area (Å²) >= 11 is 0. The summed E-state index contributed by atoms with van der Waals surface area (Å²) in [4.78, 5) is 15.1. The van der Waals surface area contributed by atoms with E-state index in [1.165, 1.54) is 18.2 Å².